The van der Waals surface area contributed by atoms with Crippen LogP contribution in [0.25, 0.3) is 0 Å². The van der Waals surface area contributed by atoms with Crippen LogP contribution < -0.4 is 66.4 Å². The standard InChI is InChI=1S/4C10H14N4O3/c4*1-4(15)7(16)5-2-6-8(12-3-5)13-10(11)14-9(6)17/h4*4-5,15H,2-3H2,1H3,(H4,11,12,13,14,17)/t2*4-,5+;2*4-,5-/m1010/s1. The van der Waals surface area contributed by atoms with Crippen LogP contribution in [0.3, 0.4) is 0 Å². The Labute approximate surface area is 384 Å². The van der Waals surface area contributed by atoms with Crippen LogP contribution in [-0.4, -0.2) is 134 Å². The summed E-state index contributed by atoms with van der Waals surface area (Å²) in [5.74, 6) is -0.904. The molecule has 0 aromatic carbocycles. The number of hydrogen-bond acceptors (Lipinski definition) is 24. The number of H-pyrrole nitrogens is 4. The number of ketones is 4. The Morgan fingerprint density at radius 2 is 0.588 bits per heavy atom. The van der Waals surface area contributed by atoms with E-state index in [0.717, 1.165) is 0 Å². The van der Waals surface area contributed by atoms with E-state index in [1.54, 1.807) is 0 Å². The monoisotopic (exact) mass is 952 g/mol. The third kappa shape index (κ3) is 12.5. The Hall–Kier alpha value is -7.56. The zero-order valence-corrected chi connectivity index (χ0v) is 37.4. The molecule has 20 N–H and O–H groups in total. The van der Waals surface area contributed by atoms with Gasteiger partial charge < -0.3 is 64.6 Å². The van der Waals surface area contributed by atoms with Crippen molar-refractivity contribution in [3.05, 3.63) is 63.7 Å². The van der Waals surface area contributed by atoms with Gasteiger partial charge in [-0.3, -0.25) is 58.3 Å². The number of carbonyl (C=O) groups excluding carboxylic acids is 4. The van der Waals surface area contributed by atoms with Crippen LogP contribution in [-0.2, 0) is 44.9 Å². The second-order valence-electron chi connectivity index (χ2n) is 16.6. The molecule has 4 aromatic rings. The average molecular weight is 953 g/mol. The summed E-state index contributed by atoms with van der Waals surface area (Å²) in [5, 5.41) is 48.5. The molecule has 8 rings (SSSR count). The highest BCUT2D eigenvalue weighted by molar-refractivity contribution is 5.88. The van der Waals surface area contributed by atoms with Gasteiger partial charge in [-0.05, 0) is 53.4 Å². The van der Waals surface area contributed by atoms with Crippen molar-refractivity contribution in [2.75, 3.05) is 70.4 Å². The number of aromatic nitrogens is 8. The maximum absolute atomic E-state index is 11.6. The van der Waals surface area contributed by atoms with Gasteiger partial charge >= 0.3 is 0 Å². The van der Waals surface area contributed by atoms with Crippen molar-refractivity contribution < 1.29 is 39.6 Å². The SMILES string of the molecule is C[C@@H](O)C(=O)[C@@H]1CNc2nc(N)[nH]c(=O)c2C1.C[C@@H](O)C(=O)[C@H]1CNc2nc(N)[nH]c(=O)c2C1.C[C@H](O)C(=O)[C@@H]1CNc2nc(N)[nH]c(=O)c2C1.C[C@H](O)C(=O)[C@H]1CNc2nc(N)[nH]c(=O)c2C1. The number of rotatable bonds is 8. The van der Waals surface area contributed by atoms with E-state index in [1.165, 1.54) is 27.7 Å². The van der Waals surface area contributed by atoms with E-state index in [2.05, 4.69) is 61.1 Å². The van der Waals surface area contributed by atoms with E-state index >= 15 is 0 Å². The van der Waals surface area contributed by atoms with Gasteiger partial charge in [-0.2, -0.15) is 19.9 Å². The zero-order chi connectivity index (χ0) is 50.3. The number of nitrogens with two attached hydrogens (primary N) is 4. The lowest BCUT2D eigenvalue weighted by Gasteiger charge is -2.24. The van der Waals surface area contributed by atoms with Crippen molar-refractivity contribution in [3.63, 3.8) is 0 Å². The first-order chi connectivity index (χ1) is 31.9. The third-order valence-corrected chi connectivity index (χ3v) is 11.3. The Balaban J connectivity index is 0.000000169. The number of aromatic amines is 4. The van der Waals surface area contributed by atoms with Crippen molar-refractivity contribution in [1.29, 1.82) is 0 Å². The van der Waals surface area contributed by atoms with Gasteiger partial charge in [-0.25, -0.2) is 0 Å². The quantitative estimate of drug-likeness (QED) is 0.0792. The minimum absolute atomic E-state index is 0.0431. The molecule has 0 aliphatic carbocycles. The normalized spacial score (nSPS) is 20.2. The van der Waals surface area contributed by atoms with Gasteiger partial charge in [0, 0.05) is 49.9 Å². The Bertz CT molecular complexity index is 2410. The molecule has 0 amide bonds. The van der Waals surface area contributed by atoms with E-state index in [4.69, 9.17) is 22.9 Å². The molecule has 0 bridgehead atoms. The molecule has 0 radical (unpaired) electrons. The Morgan fingerprint density at radius 3 is 0.750 bits per heavy atom. The highest BCUT2D eigenvalue weighted by Crippen LogP contribution is 2.25. The lowest BCUT2D eigenvalue weighted by molar-refractivity contribution is -0.130. The summed E-state index contributed by atoms with van der Waals surface area (Å²) < 4.78 is 0. The molecular formula is C40H56N16O12. The molecule has 0 saturated carbocycles. The molecule has 4 aliphatic rings. The van der Waals surface area contributed by atoms with Crippen LogP contribution in [0.4, 0.5) is 47.1 Å². The molecule has 4 aromatic heterocycles. The number of aliphatic hydroxyl groups excluding tert-OH is 4. The van der Waals surface area contributed by atoms with Crippen molar-refractivity contribution in [2.24, 2.45) is 23.7 Å². The first-order valence-corrected chi connectivity index (χ1v) is 21.3. The van der Waals surface area contributed by atoms with Crippen molar-refractivity contribution in [2.45, 2.75) is 77.8 Å². The van der Waals surface area contributed by atoms with Gasteiger partial charge in [0.2, 0.25) is 23.8 Å². The summed E-state index contributed by atoms with van der Waals surface area (Å²) >= 11 is 0. The van der Waals surface area contributed by atoms with Crippen molar-refractivity contribution >= 4 is 70.2 Å². The summed E-state index contributed by atoms with van der Waals surface area (Å²) in [4.78, 5) is 118. The maximum Gasteiger partial charge on any atom is 0.257 e. The van der Waals surface area contributed by atoms with E-state index in [0.29, 0.717) is 71.7 Å². The number of nitrogens with zero attached hydrogens (tertiary/aromatic N) is 4. The topological polar surface area (TPSA) is 484 Å². The number of Topliss-reactive ketones (excluding diaryl/α,β-unsaturated/α-hetero) is 4. The summed E-state index contributed by atoms with van der Waals surface area (Å²) in [6.07, 6.45) is -3.01. The molecule has 0 spiro atoms. The van der Waals surface area contributed by atoms with Gasteiger partial charge in [-0.15, -0.1) is 0 Å². The number of fused-ring (bicyclic) bond motifs is 4. The summed E-state index contributed by atoms with van der Waals surface area (Å²) in [7, 11) is 0. The van der Waals surface area contributed by atoms with Crippen LogP contribution in [0.15, 0.2) is 19.2 Å². The van der Waals surface area contributed by atoms with Crippen LogP contribution in [0, 0.1) is 23.7 Å². The molecule has 8 heterocycles. The highest BCUT2D eigenvalue weighted by atomic mass is 16.3. The predicted molar refractivity (Wildman–Crippen MR) is 247 cm³/mol. The molecule has 4 aliphatic heterocycles. The smallest absolute Gasteiger partial charge is 0.257 e. The molecule has 28 nitrogen and oxygen atoms in total. The second kappa shape index (κ2) is 21.8. The number of carbonyl (C=O) groups is 4. The van der Waals surface area contributed by atoms with E-state index in [9.17, 15) is 58.8 Å². The van der Waals surface area contributed by atoms with Crippen LogP contribution >= 0.6 is 0 Å². The van der Waals surface area contributed by atoms with Gasteiger partial charge in [0.15, 0.2) is 23.1 Å². The molecule has 0 saturated heterocycles. The first-order valence-electron chi connectivity index (χ1n) is 21.3. The fourth-order valence-corrected chi connectivity index (χ4v) is 7.73. The van der Waals surface area contributed by atoms with Gasteiger partial charge in [0.1, 0.15) is 47.7 Å². The van der Waals surface area contributed by atoms with Gasteiger partial charge in [0.05, 0.1) is 22.3 Å². The average Bonchev–Trinajstić information content (AvgIpc) is 3.28. The van der Waals surface area contributed by atoms with E-state index in [1.807, 2.05) is 0 Å². The zero-order valence-electron chi connectivity index (χ0n) is 37.4. The fraction of sp³-hybridized carbons (Fsp3) is 0.500. The summed E-state index contributed by atoms with van der Waals surface area (Å²) in [6, 6.07) is 0. The number of anilines is 8. The molecule has 0 fully saturated rings. The van der Waals surface area contributed by atoms with E-state index in [-0.39, 0.29) is 94.8 Å². The molecule has 68 heavy (non-hydrogen) atoms. The number of aliphatic hydroxyl groups is 4. The molecule has 8 atom stereocenters. The fourth-order valence-electron chi connectivity index (χ4n) is 7.73. The van der Waals surface area contributed by atoms with Crippen LogP contribution in [0.1, 0.15) is 49.9 Å². The predicted octanol–water partition coefficient (Wildman–Crippen LogP) is -4.46. The van der Waals surface area contributed by atoms with Crippen LogP contribution in [0.5, 0.6) is 0 Å². The molecular weight excluding hydrogens is 897 g/mol. The van der Waals surface area contributed by atoms with Crippen LogP contribution in [0.2, 0.25) is 0 Å². The minimum atomic E-state index is -1.02. The Morgan fingerprint density at radius 1 is 0.412 bits per heavy atom. The summed E-state index contributed by atoms with van der Waals surface area (Å²) in [6.45, 7) is 7.10. The number of hydrogen-bond donors (Lipinski definition) is 16. The molecule has 28 heteroatoms. The largest absolute Gasteiger partial charge is 0.386 e. The van der Waals surface area contributed by atoms with Crippen molar-refractivity contribution in [1.82, 2.24) is 39.9 Å². The minimum Gasteiger partial charge on any atom is -0.386 e. The van der Waals surface area contributed by atoms with Gasteiger partial charge in [-0.1, -0.05) is 0 Å². The summed E-state index contributed by atoms with van der Waals surface area (Å²) in [5.41, 5.74) is 21.9. The first kappa shape index (κ1) is 51.4. The second-order valence-corrected chi connectivity index (χ2v) is 16.6. The lowest BCUT2D eigenvalue weighted by atomic mass is 9.91. The third-order valence-electron chi connectivity index (χ3n) is 11.3. The highest BCUT2D eigenvalue weighted by Gasteiger charge is 2.33. The van der Waals surface area contributed by atoms with Gasteiger partial charge in [0.25, 0.3) is 22.2 Å². The molecule has 0 unspecified atom stereocenters. The lowest BCUT2D eigenvalue weighted by Crippen LogP contribution is -2.38. The number of nitrogens with one attached hydrogen (secondary N) is 8. The maximum atomic E-state index is 11.6. The number of nitrogen functional groups attached to an aromatic ring is 4. The Kier molecular flexibility index (Phi) is 16.5. The van der Waals surface area contributed by atoms with Crippen molar-refractivity contribution in [3.8, 4) is 0 Å². The van der Waals surface area contributed by atoms with E-state index < -0.39 is 48.1 Å². The molecule has 368 valence electrons.